The zero-order valence-corrected chi connectivity index (χ0v) is 31.1. The number of sulfonamides is 2. The van der Waals surface area contributed by atoms with Gasteiger partial charge in [-0.05, 0) is 67.6 Å². The van der Waals surface area contributed by atoms with Crippen LogP contribution < -0.4 is 28.7 Å². The molecule has 0 radical (unpaired) electrons. The number of morpholine rings is 2. The van der Waals surface area contributed by atoms with Crippen LogP contribution in [0.5, 0.6) is 11.5 Å². The number of hydrogen-bond acceptors (Lipinski definition) is 14. The Bertz CT molecular complexity index is 2240. The summed E-state index contributed by atoms with van der Waals surface area (Å²) in [5, 5.41) is 19.9. The molecule has 0 bridgehead atoms. The zero-order valence-electron chi connectivity index (χ0n) is 29.5. The highest BCUT2D eigenvalue weighted by molar-refractivity contribution is 7.93. The molecular weight excluding hydrogens is 761 g/mol. The molecular formula is C35H38N6O12S2. The highest BCUT2D eigenvalue weighted by Gasteiger charge is 2.27. The number of carboxylic acid groups (broad SMARTS) is 2. The van der Waals surface area contributed by atoms with E-state index in [-0.39, 0.29) is 62.0 Å². The summed E-state index contributed by atoms with van der Waals surface area (Å²) in [5.74, 6) is -1.61. The van der Waals surface area contributed by atoms with Gasteiger partial charge in [0.15, 0.2) is 5.82 Å². The van der Waals surface area contributed by atoms with Crippen LogP contribution in [0.3, 0.4) is 0 Å². The summed E-state index contributed by atoms with van der Waals surface area (Å²) in [6, 6.07) is 13.4. The van der Waals surface area contributed by atoms with Gasteiger partial charge < -0.3 is 39.0 Å². The number of pyridine rings is 2. The lowest BCUT2D eigenvalue weighted by atomic mass is 10.1. The van der Waals surface area contributed by atoms with Gasteiger partial charge in [0.1, 0.15) is 29.5 Å². The van der Waals surface area contributed by atoms with Crippen LogP contribution >= 0.6 is 0 Å². The average molecular weight is 799 g/mol. The van der Waals surface area contributed by atoms with Gasteiger partial charge in [-0.2, -0.15) is 0 Å². The van der Waals surface area contributed by atoms with Crippen LogP contribution in [0.15, 0.2) is 76.7 Å². The molecule has 2 aliphatic rings. The molecule has 2 saturated heterocycles. The molecule has 0 atom stereocenters. The summed E-state index contributed by atoms with van der Waals surface area (Å²) in [7, 11) is -8.38. The highest BCUT2D eigenvalue weighted by Crippen LogP contribution is 2.31. The lowest BCUT2D eigenvalue weighted by Crippen LogP contribution is -2.37. The Morgan fingerprint density at radius 1 is 0.727 bits per heavy atom. The summed E-state index contributed by atoms with van der Waals surface area (Å²) in [4.78, 5) is 36.5. The van der Waals surface area contributed by atoms with Crippen molar-refractivity contribution >= 4 is 55.0 Å². The van der Waals surface area contributed by atoms with Crippen molar-refractivity contribution in [3.8, 4) is 11.5 Å². The maximum absolute atomic E-state index is 13.4. The minimum Gasteiger partial charge on any atom is -0.494 e. The van der Waals surface area contributed by atoms with Crippen molar-refractivity contribution in [1.29, 1.82) is 0 Å². The molecule has 4 N–H and O–H groups in total. The van der Waals surface area contributed by atoms with Crippen LogP contribution in [0.2, 0.25) is 0 Å². The zero-order chi connectivity index (χ0) is 39.2. The lowest BCUT2D eigenvalue weighted by molar-refractivity contribution is 0.0683. The molecule has 20 heteroatoms. The number of aromatic carboxylic acids is 2. The van der Waals surface area contributed by atoms with E-state index in [1.807, 2.05) is 0 Å². The number of aromatic nitrogens is 2. The van der Waals surface area contributed by atoms with Crippen molar-refractivity contribution in [2.24, 2.45) is 0 Å². The molecule has 2 aliphatic heterocycles. The third kappa shape index (κ3) is 9.34. The van der Waals surface area contributed by atoms with Gasteiger partial charge >= 0.3 is 11.9 Å². The number of anilines is 4. The normalized spacial score (nSPS) is 14.9. The first kappa shape index (κ1) is 39.0. The molecule has 0 unspecified atom stereocenters. The lowest BCUT2D eigenvalue weighted by Gasteiger charge is -2.30. The predicted molar refractivity (Wildman–Crippen MR) is 198 cm³/mol. The second kappa shape index (κ2) is 16.8. The molecule has 0 aliphatic carbocycles. The maximum atomic E-state index is 13.4. The Labute approximate surface area is 316 Å². The topological polar surface area (TPSA) is 236 Å². The van der Waals surface area contributed by atoms with Crippen LogP contribution in [0.1, 0.15) is 33.3 Å². The van der Waals surface area contributed by atoms with Gasteiger partial charge in [0.25, 0.3) is 20.0 Å². The van der Waals surface area contributed by atoms with E-state index in [9.17, 15) is 36.6 Å². The molecule has 0 spiro atoms. The van der Waals surface area contributed by atoms with Crippen molar-refractivity contribution in [2.75, 3.05) is 78.5 Å². The third-order valence-electron chi connectivity index (χ3n) is 8.48. The van der Waals surface area contributed by atoms with E-state index < -0.39 is 32.0 Å². The van der Waals surface area contributed by atoms with Crippen molar-refractivity contribution < 1.29 is 55.6 Å². The van der Waals surface area contributed by atoms with E-state index in [4.69, 9.17) is 18.9 Å². The Hall–Kier alpha value is -5.70. The largest absolute Gasteiger partial charge is 0.494 e. The molecule has 4 aromatic rings. The first-order valence-corrected chi connectivity index (χ1v) is 20.0. The van der Waals surface area contributed by atoms with E-state index >= 15 is 0 Å². The fourth-order valence-corrected chi connectivity index (χ4v) is 7.88. The van der Waals surface area contributed by atoms with Gasteiger partial charge in [0.05, 0.1) is 71.7 Å². The van der Waals surface area contributed by atoms with E-state index in [0.717, 1.165) is 0 Å². The summed E-state index contributed by atoms with van der Waals surface area (Å²) in [5.41, 5.74) is -0.615. The Balaban J connectivity index is 1.20. The first-order chi connectivity index (χ1) is 26.3. The van der Waals surface area contributed by atoms with Crippen LogP contribution in [0.4, 0.5) is 23.0 Å². The average Bonchev–Trinajstić information content (AvgIpc) is 3.18. The quantitative estimate of drug-likeness (QED) is 0.135. The maximum Gasteiger partial charge on any atom is 0.339 e. The molecule has 18 nitrogen and oxygen atoms in total. The summed E-state index contributed by atoms with van der Waals surface area (Å²) in [6.07, 6.45) is 1.24. The highest BCUT2D eigenvalue weighted by atomic mass is 32.2. The van der Waals surface area contributed by atoms with Gasteiger partial charge in [-0.25, -0.2) is 36.4 Å². The molecule has 55 heavy (non-hydrogen) atoms. The van der Waals surface area contributed by atoms with Crippen molar-refractivity contribution in [2.45, 2.75) is 23.3 Å². The van der Waals surface area contributed by atoms with Crippen LogP contribution in [0, 0.1) is 0 Å². The minimum absolute atomic E-state index is 0.0152. The first-order valence-electron chi connectivity index (χ1n) is 17.0. The Morgan fingerprint density at radius 3 is 1.76 bits per heavy atom. The van der Waals surface area contributed by atoms with Crippen LogP contribution in [0.25, 0.3) is 0 Å². The smallest absolute Gasteiger partial charge is 0.339 e. The SMILES string of the molecule is CCOc1ccc(S(=O)(=O)Nc2cc(C(=O)O)c(COc3ccc(S(=O)(=O)Nc4cnc(N5CCOCC5)c(C(=O)O)c4)cc3)nc2N2CCOCC2)cc1. The van der Waals surface area contributed by atoms with Gasteiger partial charge in [0.2, 0.25) is 0 Å². The monoisotopic (exact) mass is 798 g/mol. The fourth-order valence-electron chi connectivity index (χ4n) is 5.79. The van der Waals surface area contributed by atoms with E-state index in [1.165, 1.54) is 66.9 Å². The summed E-state index contributed by atoms with van der Waals surface area (Å²) in [6.45, 7) is 4.90. The number of hydrogen-bond donors (Lipinski definition) is 4. The van der Waals surface area contributed by atoms with Crippen LogP contribution in [-0.4, -0.2) is 108 Å². The number of nitrogens with zero attached hydrogens (tertiary/aromatic N) is 4. The molecule has 292 valence electrons. The van der Waals surface area contributed by atoms with Crippen LogP contribution in [-0.2, 0) is 36.1 Å². The number of carbonyl (C=O) groups is 2. The van der Waals surface area contributed by atoms with Gasteiger partial charge in [-0.1, -0.05) is 0 Å². The van der Waals surface area contributed by atoms with E-state index in [0.29, 0.717) is 65.0 Å². The van der Waals surface area contributed by atoms with Crippen molar-refractivity contribution in [3.63, 3.8) is 0 Å². The summed E-state index contributed by atoms with van der Waals surface area (Å²) < 4.78 is 80.2. The number of benzene rings is 2. The number of carboxylic acids is 2. The van der Waals surface area contributed by atoms with Gasteiger partial charge in [0, 0.05) is 26.2 Å². The minimum atomic E-state index is -4.20. The van der Waals surface area contributed by atoms with Gasteiger partial charge in [-0.15, -0.1) is 0 Å². The summed E-state index contributed by atoms with van der Waals surface area (Å²) >= 11 is 0. The Kier molecular flexibility index (Phi) is 11.9. The number of rotatable bonds is 15. The molecule has 6 rings (SSSR count). The molecule has 2 aromatic carbocycles. The third-order valence-corrected chi connectivity index (χ3v) is 11.3. The molecule has 2 aromatic heterocycles. The van der Waals surface area contributed by atoms with Gasteiger partial charge in [-0.3, -0.25) is 9.44 Å². The van der Waals surface area contributed by atoms with E-state index in [2.05, 4.69) is 19.4 Å². The molecule has 0 saturated carbocycles. The fraction of sp³-hybridized carbons (Fsp3) is 0.314. The standard InChI is InChI=1S/C35H38N6O12S2/c1-2-52-24-3-7-27(8-4-24)55(48,49)39-30-20-28(34(42)43)31(37-33(30)41-13-17-51-18-14-41)22-53-25-5-9-26(10-6-25)54(46,47)38-23-19-29(35(44)45)32(36-21-23)40-11-15-50-16-12-40/h3-10,19-21,38-39H,2,11-18,22H2,1H3,(H,42,43)(H,44,45). The van der Waals surface area contributed by atoms with Crippen molar-refractivity contribution in [3.05, 3.63) is 83.7 Å². The Morgan fingerprint density at radius 2 is 1.24 bits per heavy atom. The molecule has 0 amide bonds. The second-order valence-electron chi connectivity index (χ2n) is 12.1. The second-order valence-corrected chi connectivity index (χ2v) is 15.5. The number of nitrogens with one attached hydrogen (secondary N) is 2. The van der Waals surface area contributed by atoms with E-state index in [1.54, 1.807) is 16.7 Å². The number of ether oxygens (including phenoxy) is 4. The van der Waals surface area contributed by atoms with Crippen molar-refractivity contribution in [1.82, 2.24) is 9.97 Å². The predicted octanol–water partition coefficient (Wildman–Crippen LogP) is 3.13. The molecule has 2 fully saturated rings. The molecule has 4 heterocycles.